The lowest BCUT2D eigenvalue weighted by Crippen LogP contribution is -2.26. The molecule has 0 radical (unpaired) electrons. The average Bonchev–Trinajstić information content (AvgIpc) is 2.74. The third-order valence-electron chi connectivity index (χ3n) is 5.13. The normalized spacial score (nSPS) is 18.6. The lowest BCUT2D eigenvalue weighted by molar-refractivity contribution is -0.116. The number of benzene rings is 2. The van der Waals surface area contributed by atoms with Crippen molar-refractivity contribution in [1.29, 1.82) is 0 Å². The van der Waals surface area contributed by atoms with Gasteiger partial charge in [-0.05, 0) is 49.1 Å². The molecule has 1 amide bonds. The largest absolute Gasteiger partial charge is 0.496 e. The fraction of sp³-hybridized carbons (Fsp3) is 0.409. The first-order valence-electron chi connectivity index (χ1n) is 9.69. The van der Waals surface area contributed by atoms with Gasteiger partial charge in [-0.2, -0.15) is 0 Å². The van der Waals surface area contributed by atoms with Crippen LogP contribution in [0.4, 0.5) is 5.69 Å². The van der Waals surface area contributed by atoms with Gasteiger partial charge in [0.15, 0.2) is 0 Å². The molecule has 2 aliphatic heterocycles. The molecule has 4 N–H and O–H groups in total. The van der Waals surface area contributed by atoms with Crippen molar-refractivity contribution in [2.45, 2.75) is 44.7 Å². The lowest BCUT2D eigenvalue weighted by atomic mass is 9.98. The Bertz CT molecular complexity index is 756. The fourth-order valence-corrected chi connectivity index (χ4v) is 3.62. The molecule has 2 heterocycles. The average molecular weight is 367 g/mol. The highest BCUT2D eigenvalue weighted by molar-refractivity contribution is 5.94. The zero-order valence-corrected chi connectivity index (χ0v) is 16.0. The lowest BCUT2D eigenvalue weighted by Gasteiger charge is -2.23. The highest BCUT2D eigenvalue weighted by Gasteiger charge is 2.17. The maximum absolute atomic E-state index is 11.2. The molecule has 2 aromatic carbocycles. The van der Waals surface area contributed by atoms with Gasteiger partial charge in [0.2, 0.25) is 5.91 Å². The number of carbonyl (C=O) groups excluding carboxylic acids is 1. The quantitative estimate of drug-likeness (QED) is 0.775. The Morgan fingerprint density at radius 1 is 1.15 bits per heavy atom. The fourth-order valence-electron chi connectivity index (χ4n) is 3.62. The first kappa shape index (κ1) is 19.4. The number of hydrogen-bond donors (Lipinski definition) is 3. The second-order valence-electron chi connectivity index (χ2n) is 6.99. The Morgan fingerprint density at radius 3 is 2.63 bits per heavy atom. The molecule has 27 heavy (non-hydrogen) atoms. The Kier molecular flexibility index (Phi) is 6.85. The van der Waals surface area contributed by atoms with Crippen LogP contribution in [0.5, 0.6) is 5.75 Å². The first-order valence-corrected chi connectivity index (χ1v) is 9.69. The summed E-state index contributed by atoms with van der Waals surface area (Å²) in [6.45, 7) is 1.59. The van der Waals surface area contributed by atoms with Gasteiger partial charge in [0.25, 0.3) is 0 Å². The number of aryl methyl sites for hydroxylation is 1. The van der Waals surface area contributed by atoms with E-state index in [9.17, 15) is 4.79 Å². The molecule has 0 aliphatic carbocycles. The molecule has 0 aromatic heterocycles. The third-order valence-corrected chi connectivity index (χ3v) is 5.13. The van der Waals surface area contributed by atoms with Crippen LogP contribution in [-0.2, 0) is 17.8 Å². The molecule has 1 fully saturated rings. The summed E-state index contributed by atoms with van der Waals surface area (Å²) in [5.74, 6) is 0.864. The summed E-state index contributed by atoms with van der Waals surface area (Å²) >= 11 is 0. The molecule has 2 aliphatic rings. The number of nitrogens with one attached hydrogen (secondary N) is 2. The zero-order valence-electron chi connectivity index (χ0n) is 16.0. The van der Waals surface area contributed by atoms with Crippen molar-refractivity contribution >= 4 is 11.6 Å². The van der Waals surface area contributed by atoms with E-state index < -0.39 is 0 Å². The molecule has 5 nitrogen and oxygen atoms in total. The van der Waals surface area contributed by atoms with E-state index in [1.165, 1.54) is 31.4 Å². The second-order valence-corrected chi connectivity index (χ2v) is 6.99. The summed E-state index contributed by atoms with van der Waals surface area (Å²) in [6, 6.07) is 15.2. The van der Waals surface area contributed by atoms with Crippen molar-refractivity contribution in [1.82, 2.24) is 5.32 Å². The van der Waals surface area contributed by atoms with Crippen LogP contribution < -0.4 is 21.1 Å². The number of hydrogen-bond acceptors (Lipinski definition) is 4. The minimum absolute atomic E-state index is 0.0654. The number of anilines is 1. The van der Waals surface area contributed by atoms with Gasteiger partial charge < -0.3 is 21.1 Å². The van der Waals surface area contributed by atoms with Crippen molar-refractivity contribution < 1.29 is 9.53 Å². The van der Waals surface area contributed by atoms with E-state index in [0.717, 1.165) is 29.0 Å². The van der Waals surface area contributed by atoms with Gasteiger partial charge in [-0.1, -0.05) is 36.8 Å². The highest BCUT2D eigenvalue weighted by atomic mass is 16.5. The van der Waals surface area contributed by atoms with Crippen LogP contribution in [0.25, 0.3) is 0 Å². The number of rotatable bonds is 3. The predicted octanol–water partition coefficient (Wildman–Crippen LogP) is 3.54. The van der Waals surface area contributed by atoms with Crippen molar-refractivity contribution in [2.24, 2.45) is 5.73 Å². The van der Waals surface area contributed by atoms with Gasteiger partial charge in [0, 0.05) is 30.3 Å². The molecule has 0 unspecified atom stereocenters. The Balaban J connectivity index is 0.000000159. The highest BCUT2D eigenvalue weighted by Crippen LogP contribution is 2.30. The van der Waals surface area contributed by atoms with Crippen LogP contribution in [0.15, 0.2) is 42.5 Å². The van der Waals surface area contributed by atoms with E-state index in [-0.39, 0.29) is 5.91 Å². The van der Waals surface area contributed by atoms with E-state index >= 15 is 0 Å². The van der Waals surface area contributed by atoms with Crippen LogP contribution in [0.2, 0.25) is 0 Å². The van der Waals surface area contributed by atoms with Crippen LogP contribution in [0.3, 0.4) is 0 Å². The van der Waals surface area contributed by atoms with E-state index in [2.05, 4.69) is 41.0 Å². The summed E-state index contributed by atoms with van der Waals surface area (Å²) in [7, 11) is 1.63. The number of nitrogens with two attached hydrogens (primary N) is 1. The van der Waals surface area contributed by atoms with Crippen molar-refractivity contribution in [3.05, 3.63) is 59.2 Å². The summed E-state index contributed by atoms with van der Waals surface area (Å²) in [6.07, 6.45) is 5.31. The third kappa shape index (κ3) is 5.08. The van der Waals surface area contributed by atoms with Crippen molar-refractivity contribution in [2.75, 3.05) is 19.0 Å². The Hall–Kier alpha value is -2.37. The van der Waals surface area contributed by atoms with Gasteiger partial charge in [-0.25, -0.2) is 0 Å². The van der Waals surface area contributed by atoms with Crippen LogP contribution >= 0.6 is 0 Å². The van der Waals surface area contributed by atoms with Crippen molar-refractivity contribution in [3.8, 4) is 5.75 Å². The molecular formula is C22H29N3O2. The monoisotopic (exact) mass is 367 g/mol. The summed E-state index contributed by atoms with van der Waals surface area (Å²) in [5, 5.41) is 6.37. The molecular weight excluding hydrogens is 338 g/mol. The molecule has 1 atom stereocenters. The topological polar surface area (TPSA) is 76.4 Å². The van der Waals surface area contributed by atoms with E-state index in [4.69, 9.17) is 10.5 Å². The number of ether oxygens (including phenoxy) is 1. The molecule has 144 valence electrons. The Labute approximate surface area is 161 Å². The number of piperidine rings is 1. The van der Waals surface area contributed by atoms with Crippen LogP contribution in [0.1, 0.15) is 48.4 Å². The molecule has 0 saturated carbocycles. The number of fused-ring (bicyclic) bond motifs is 1. The van der Waals surface area contributed by atoms with Gasteiger partial charge in [0.05, 0.1) is 7.11 Å². The smallest absolute Gasteiger partial charge is 0.224 e. The first-order chi connectivity index (χ1) is 13.2. The minimum Gasteiger partial charge on any atom is -0.496 e. The number of carbonyl (C=O) groups is 1. The molecule has 0 bridgehead atoms. The minimum atomic E-state index is 0.0654. The molecule has 4 rings (SSSR count). The van der Waals surface area contributed by atoms with Crippen LogP contribution in [0, 0.1) is 0 Å². The van der Waals surface area contributed by atoms with Crippen LogP contribution in [-0.4, -0.2) is 19.6 Å². The molecule has 5 heteroatoms. The van der Waals surface area contributed by atoms with E-state index in [1.807, 2.05) is 12.1 Å². The second kappa shape index (κ2) is 9.53. The van der Waals surface area contributed by atoms with E-state index in [0.29, 0.717) is 19.0 Å². The molecule has 2 aromatic rings. The standard InChI is InChI=1S/C11H14N2O2.C11H15N/c1-15-10-5-7-2-3-11(14)13-9(7)4-8(10)6-12;1-2-6-10(7-3-1)11-8-4-5-9-12-11/h4-5H,2-3,6,12H2,1H3,(H,13,14);1-3,6-7,11-12H,4-5,8-9H2/t;11-/m.1/s1. The molecule has 1 saturated heterocycles. The summed E-state index contributed by atoms with van der Waals surface area (Å²) in [4.78, 5) is 11.2. The zero-order chi connectivity index (χ0) is 19.1. The summed E-state index contributed by atoms with van der Waals surface area (Å²) in [5.41, 5.74) is 9.94. The number of methoxy groups -OCH3 is 1. The van der Waals surface area contributed by atoms with E-state index in [1.54, 1.807) is 7.11 Å². The van der Waals surface area contributed by atoms with Gasteiger partial charge >= 0.3 is 0 Å². The molecule has 0 spiro atoms. The summed E-state index contributed by atoms with van der Waals surface area (Å²) < 4.78 is 5.24. The predicted molar refractivity (Wildman–Crippen MR) is 109 cm³/mol. The Morgan fingerprint density at radius 2 is 1.96 bits per heavy atom. The van der Waals surface area contributed by atoms with Gasteiger partial charge in [-0.15, -0.1) is 0 Å². The number of amides is 1. The van der Waals surface area contributed by atoms with Crippen molar-refractivity contribution in [3.63, 3.8) is 0 Å². The maximum atomic E-state index is 11.2. The van der Waals surface area contributed by atoms with Gasteiger partial charge in [0.1, 0.15) is 5.75 Å². The maximum Gasteiger partial charge on any atom is 0.224 e. The SMILES string of the molecule is COc1cc2c(cc1CN)NC(=O)CC2.c1ccc([C@H]2CCCCN2)cc1. The van der Waals surface area contributed by atoms with Gasteiger partial charge in [-0.3, -0.25) is 4.79 Å².